The van der Waals surface area contributed by atoms with Gasteiger partial charge in [-0.15, -0.1) is 0 Å². The van der Waals surface area contributed by atoms with Crippen molar-refractivity contribution in [1.82, 2.24) is 4.98 Å². The van der Waals surface area contributed by atoms with Crippen LogP contribution in [0.5, 0.6) is 0 Å². The highest BCUT2D eigenvalue weighted by molar-refractivity contribution is 9.10. The molecule has 0 saturated heterocycles. The van der Waals surface area contributed by atoms with Crippen LogP contribution < -0.4 is 0 Å². The van der Waals surface area contributed by atoms with Crippen molar-refractivity contribution in [2.75, 3.05) is 5.75 Å². The van der Waals surface area contributed by atoms with E-state index in [-0.39, 0.29) is 17.4 Å². The molecule has 0 N–H and O–H groups in total. The Morgan fingerprint density at radius 3 is 2.60 bits per heavy atom. The summed E-state index contributed by atoms with van der Waals surface area (Å²) in [7, 11) is -3.03. The smallest absolute Gasteiger partial charge is 0.156 e. The van der Waals surface area contributed by atoms with Crippen molar-refractivity contribution in [2.45, 2.75) is 19.6 Å². The van der Waals surface area contributed by atoms with E-state index >= 15 is 0 Å². The summed E-state index contributed by atoms with van der Waals surface area (Å²) in [4.78, 5) is 4.10. The molecule has 0 radical (unpaired) electrons. The van der Waals surface area contributed by atoms with E-state index in [1.54, 1.807) is 18.2 Å². The average Bonchev–Trinajstić information content (AvgIpc) is 1.99. The van der Waals surface area contributed by atoms with Crippen molar-refractivity contribution >= 4 is 25.8 Å². The SMILES string of the molecule is CC(C)CS(=O)(=O)Cc1cccc(Br)n1. The van der Waals surface area contributed by atoms with Crippen LogP contribution in [0.25, 0.3) is 0 Å². The lowest BCUT2D eigenvalue weighted by Crippen LogP contribution is -2.14. The van der Waals surface area contributed by atoms with Gasteiger partial charge in [0, 0.05) is 0 Å². The van der Waals surface area contributed by atoms with E-state index in [4.69, 9.17) is 0 Å². The van der Waals surface area contributed by atoms with Gasteiger partial charge >= 0.3 is 0 Å². The van der Waals surface area contributed by atoms with Crippen LogP contribution in [-0.4, -0.2) is 19.2 Å². The minimum absolute atomic E-state index is 0.0185. The number of pyridine rings is 1. The molecule has 0 bridgehead atoms. The number of aromatic nitrogens is 1. The lowest BCUT2D eigenvalue weighted by molar-refractivity contribution is 0.581. The minimum atomic E-state index is -3.03. The standard InChI is InChI=1S/C10H14BrNO2S/c1-8(2)6-15(13,14)7-9-4-3-5-10(11)12-9/h3-5,8H,6-7H2,1-2H3. The molecule has 0 spiro atoms. The third-order valence-electron chi connectivity index (χ3n) is 1.73. The Morgan fingerprint density at radius 1 is 1.40 bits per heavy atom. The van der Waals surface area contributed by atoms with Crippen molar-refractivity contribution in [3.63, 3.8) is 0 Å². The van der Waals surface area contributed by atoms with Gasteiger partial charge in [0.15, 0.2) is 9.84 Å². The van der Waals surface area contributed by atoms with Crippen molar-refractivity contribution in [3.8, 4) is 0 Å². The highest BCUT2D eigenvalue weighted by Gasteiger charge is 2.14. The predicted octanol–water partition coefficient (Wildman–Crippen LogP) is 2.41. The number of halogens is 1. The second-order valence-electron chi connectivity index (χ2n) is 3.90. The molecule has 1 rings (SSSR count). The first-order chi connectivity index (χ1) is 6.89. The van der Waals surface area contributed by atoms with Crippen molar-refractivity contribution in [1.29, 1.82) is 0 Å². The van der Waals surface area contributed by atoms with E-state index in [1.807, 2.05) is 13.8 Å². The van der Waals surface area contributed by atoms with Gasteiger partial charge in [-0.1, -0.05) is 19.9 Å². The van der Waals surface area contributed by atoms with Crippen LogP contribution in [0.2, 0.25) is 0 Å². The van der Waals surface area contributed by atoms with E-state index in [1.165, 1.54) is 0 Å². The van der Waals surface area contributed by atoms with E-state index in [0.717, 1.165) is 0 Å². The highest BCUT2D eigenvalue weighted by atomic mass is 79.9. The second kappa shape index (κ2) is 5.07. The first-order valence-corrected chi connectivity index (χ1v) is 7.32. The Balaban J connectivity index is 2.78. The zero-order chi connectivity index (χ0) is 11.5. The summed E-state index contributed by atoms with van der Waals surface area (Å²) >= 11 is 3.21. The van der Waals surface area contributed by atoms with Gasteiger partial charge in [-0.05, 0) is 34.0 Å². The largest absolute Gasteiger partial charge is 0.245 e. The Hall–Kier alpha value is -0.420. The molecule has 3 nitrogen and oxygen atoms in total. The van der Waals surface area contributed by atoms with Crippen LogP contribution >= 0.6 is 15.9 Å². The fourth-order valence-electron chi connectivity index (χ4n) is 1.32. The minimum Gasteiger partial charge on any atom is -0.245 e. The van der Waals surface area contributed by atoms with E-state index in [2.05, 4.69) is 20.9 Å². The molecule has 0 atom stereocenters. The topological polar surface area (TPSA) is 47.0 Å². The second-order valence-corrected chi connectivity index (χ2v) is 6.82. The van der Waals surface area contributed by atoms with Gasteiger partial charge in [0.05, 0.1) is 17.2 Å². The quantitative estimate of drug-likeness (QED) is 0.801. The Morgan fingerprint density at radius 2 is 2.07 bits per heavy atom. The zero-order valence-electron chi connectivity index (χ0n) is 8.77. The number of hydrogen-bond acceptors (Lipinski definition) is 3. The van der Waals surface area contributed by atoms with Crippen LogP contribution in [0.1, 0.15) is 19.5 Å². The Bertz CT molecular complexity index is 429. The van der Waals surface area contributed by atoms with Gasteiger partial charge in [-0.3, -0.25) is 0 Å². The Labute approximate surface area is 99.0 Å². The number of rotatable bonds is 4. The van der Waals surface area contributed by atoms with Crippen LogP contribution in [0.15, 0.2) is 22.8 Å². The van der Waals surface area contributed by atoms with Gasteiger partial charge in [-0.25, -0.2) is 13.4 Å². The zero-order valence-corrected chi connectivity index (χ0v) is 11.2. The lowest BCUT2D eigenvalue weighted by Gasteiger charge is -2.06. The number of hydrogen-bond donors (Lipinski definition) is 0. The van der Waals surface area contributed by atoms with Gasteiger partial charge in [0.1, 0.15) is 4.60 Å². The number of nitrogens with zero attached hydrogens (tertiary/aromatic N) is 1. The summed E-state index contributed by atoms with van der Waals surface area (Å²) < 4.78 is 24.0. The number of sulfone groups is 1. The third kappa shape index (κ3) is 4.75. The molecule has 0 aliphatic carbocycles. The lowest BCUT2D eigenvalue weighted by atomic mass is 10.3. The molecule has 0 saturated carbocycles. The molecule has 84 valence electrons. The van der Waals surface area contributed by atoms with Crippen LogP contribution in [-0.2, 0) is 15.6 Å². The molecule has 0 aromatic carbocycles. The van der Waals surface area contributed by atoms with Gasteiger partial charge in [0.25, 0.3) is 0 Å². The van der Waals surface area contributed by atoms with Crippen molar-refractivity contribution < 1.29 is 8.42 Å². The van der Waals surface area contributed by atoms with Crippen molar-refractivity contribution in [3.05, 3.63) is 28.5 Å². The van der Waals surface area contributed by atoms with E-state index in [0.29, 0.717) is 10.3 Å². The monoisotopic (exact) mass is 291 g/mol. The van der Waals surface area contributed by atoms with Crippen LogP contribution in [0, 0.1) is 5.92 Å². The first-order valence-electron chi connectivity index (χ1n) is 4.71. The summed E-state index contributed by atoms with van der Waals surface area (Å²) in [5.74, 6) is 0.383. The Kier molecular flexibility index (Phi) is 4.28. The molecule has 0 aliphatic rings. The molecule has 0 aliphatic heterocycles. The average molecular weight is 292 g/mol. The third-order valence-corrected chi connectivity index (χ3v) is 4.08. The maximum atomic E-state index is 11.7. The summed E-state index contributed by atoms with van der Waals surface area (Å²) in [6.45, 7) is 3.79. The molecular formula is C10H14BrNO2S. The summed E-state index contributed by atoms with van der Waals surface area (Å²) in [5.41, 5.74) is 0.588. The summed E-state index contributed by atoms with van der Waals surface area (Å²) in [5, 5.41) is 0. The summed E-state index contributed by atoms with van der Waals surface area (Å²) in [6.07, 6.45) is 0. The van der Waals surface area contributed by atoms with Crippen LogP contribution in [0.4, 0.5) is 0 Å². The first kappa shape index (κ1) is 12.6. The predicted molar refractivity (Wildman–Crippen MR) is 64.3 cm³/mol. The fourth-order valence-corrected chi connectivity index (χ4v) is 3.45. The van der Waals surface area contributed by atoms with Crippen LogP contribution in [0.3, 0.4) is 0 Å². The van der Waals surface area contributed by atoms with Gasteiger partial charge < -0.3 is 0 Å². The van der Waals surface area contributed by atoms with Crippen molar-refractivity contribution in [2.24, 2.45) is 5.92 Å². The molecule has 15 heavy (non-hydrogen) atoms. The maximum Gasteiger partial charge on any atom is 0.156 e. The van der Waals surface area contributed by atoms with E-state index < -0.39 is 9.84 Å². The molecule has 0 unspecified atom stereocenters. The maximum absolute atomic E-state index is 11.7. The molecule has 0 amide bonds. The highest BCUT2D eigenvalue weighted by Crippen LogP contribution is 2.11. The molecule has 1 heterocycles. The van der Waals surface area contributed by atoms with Gasteiger partial charge in [0.2, 0.25) is 0 Å². The normalized spacial score (nSPS) is 12.0. The summed E-state index contributed by atoms with van der Waals surface area (Å²) in [6, 6.07) is 5.29. The van der Waals surface area contributed by atoms with E-state index in [9.17, 15) is 8.42 Å². The molecule has 5 heteroatoms. The molecule has 1 aromatic heterocycles. The van der Waals surface area contributed by atoms with Gasteiger partial charge in [-0.2, -0.15) is 0 Å². The molecular weight excluding hydrogens is 278 g/mol. The fraction of sp³-hybridized carbons (Fsp3) is 0.500. The molecule has 0 fully saturated rings. The molecule has 1 aromatic rings.